The van der Waals surface area contributed by atoms with E-state index in [4.69, 9.17) is 0 Å². The molecule has 2 aromatic rings. The molecule has 5 rings (SSSR count). The summed E-state index contributed by atoms with van der Waals surface area (Å²) in [6, 6.07) is 8.14. The zero-order valence-corrected chi connectivity index (χ0v) is 25.4. The van der Waals surface area contributed by atoms with Crippen LogP contribution in [0.2, 0.25) is 0 Å². The van der Waals surface area contributed by atoms with Crippen LogP contribution in [-0.2, 0) is 27.9 Å². The lowest BCUT2D eigenvalue weighted by atomic mass is 9.83. The van der Waals surface area contributed by atoms with Crippen LogP contribution in [0.3, 0.4) is 0 Å². The highest BCUT2D eigenvalue weighted by atomic mass is 16.2. The molecular weight excluding hydrogens is 546 g/mol. The van der Waals surface area contributed by atoms with Crippen molar-refractivity contribution in [2.75, 3.05) is 31.5 Å². The molecule has 4 amide bonds. The minimum atomic E-state index is -0.658. The van der Waals surface area contributed by atoms with Crippen LogP contribution < -0.4 is 16.0 Å². The summed E-state index contributed by atoms with van der Waals surface area (Å²) in [5, 5.41) is 13.0. The van der Waals surface area contributed by atoms with E-state index < -0.39 is 12.1 Å². The van der Waals surface area contributed by atoms with Gasteiger partial charge >= 0.3 is 0 Å². The van der Waals surface area contributed by atoms with Crippen molar-refractivity contribution in [3.8, 4) is 0 Å². The van der Waals surface area contributed by atoms with Gasteiger partial charge in [0.1, 0.15) is 17.8 Å². The number of benzene rings is 1. The van der Waals surface area contributed by atoms with Crippen LogP contribution >= 0.6 is 0 Å². The van der Waals surface area contributed by atoms with E-state index in [2.05, 4.69) is 25.9 Å². The maximum atomic E-state index is 13.6. The lowest BCUT2D eigenvalue weighted by Gasteiger charge is -2.39. The molecule has 11 nitrogen and oxygen atoms in total. The quantitative estimate of drug-likeness (QED) is 0.390. The average Bonchev–Trinajstić information content (AvgIpc) is 3.68. The summed E-state index contributed by atoms with van der Waals surface area (Å²) in [7, 11) is 1.70. The maximum Gasteiger partial charge on any atom is 0.270 e. The lowest BCUT2D eigenvalue weighted by molar-refractivity contribution is -0.138. The van der Waals surface area contributed by atoms with Gasteiger partial charge in [0.15, 0.2) is 0 Å². The van der Waals surface area contributed by atoms with Crippen molar-refractivity contribution in [3.63, 3.8) is 0 Å². The van der Waals surface area contributed by atoms with Crippen molar-refractivity contribution in [2.24, 2.45) is 13.0 Å². The number of hydrogen-bond donors (Lipinski definition) is 3. The fourth-order valence-corrected chi connectivity index (χ4v) is 6.76. The summed E-state index contributed by atoms with van der Waals surface area (Å²) < 4.78 is 1.50. The first-order valence-electron chi connectivity index (χ1n) is 15.8. The largest absolute Gasteiger partial charge is 0.344 e. The lowest BCUT2D eigenvalue weighted by Crippen LogP contribution is -2.57. The van der Waals surface area contributed by atoms with Crippen LogP contribution in [0.1, 0.15) is 74.3 Å². The van der Waals surface area contributed by atoms with Gasteiger partial charge in [-0.3, -0.25) is 28.8 Å². The van der Waals surface area contributed by atoms with Crippen LogP contribution in [0.5, 0.6) is 0 Å². The number of piperazine rings is 1. The molecule has 0 bridgehead atoms. The van der Waals surface area contributed by atoms with Gasteiger partial charge < -0.3 is 20.9 Å². The van der Waals surface area contributed by atoms with Gasteiger partial charge in [0, 0.05) is 57.4 Å². The van der Waals surface area contributed by atoms with Crippen molar-refractivity contribution < 1.29 is 19.2 Å². The Hall–Kier alpha value is -3.73. The van der Waals surface area contributed by atoms with Gasteiger partial charge in [0.05, 0.1) is 0 Å². The first-order valence-corrected chi connectivity index (χ1v) is 15.8. The molecule has 2 aliphatic heterocycles. The van der Waals surface area contributed by atoms with Crippen molar-refractivity contribution in [1.29, 1.82) is 0 Å². The first-order chi connectivity index (χ1) is 20.8. The van der Waals surface area contributed by atoms with Gasteiger partial charge in [-0.25, -0.2) is 0 Å². The van der Waals surface area contributed by atoms with Crippen molar-refractivity contribution >= 4 is 29.3 Å². The standard InChI is InChI=1S/C32H45N7O4/c1-3-28(40)35-26(32(43)39-19-18-38-17-7-10-25(38)21-39)20-22-11-13-24(14-12-22)34-31(42)29(23-8-5-4-6-9-23)36-30(41)27-15-16-33-37(27)2/h11-16,23,25-26,29H,3-10,17-21H2,1-2H3,(H,34,42)(H,35,40)(H,36,41)/t25-,26-,29+/m1/s1. The second-order valence-electron chi connectivity index (χ2n) is 12.2. The summed E-state index contributed by atoms with van der Waals surface area (Å²) in [5.41, 5.74) is 1.91. The van der Waals surface area contributed by atoms with E-state index in [1.807, 2.05) is 29.2 Å². The number of rotatable bonds is 10. The van der Waals surface area contributed by atoms with Gasteiger partial charge in [0.2, 0.25) is 17.7 Å². The smallest absolute Gasteiger partial charge is 0.270 e. The molecule has 1 aliphatic carbocycles. The zero-order chi connectivity index (χ0) is 30.3. The molecule has 0 radical (unpaired) electrons. The van der Waals surface area contributed by atoms with Crippen LogP contribution in [0.15, 0.2) is 36.5 Å². The first kappa shape index (κ1) is 30.7. The molecule has 1 saturated carbocycles. The van der Waals surface area contributed by atoms with E-state index >= 15 is 0 Å². The highest BCUT2D eigenvalue weighted by Crippen LogP contribution is 2.28. The van der Waals surface area contributed by atoms with Gasteiger partial charge in [-0.05, 0) is 61.9 Å². The van der Waals surface area contributed by atoms with E-state index in [0.717, 1.165) is 57.2 Å². The normalized spacial score (nSPS) is 20.6. The van der Waals surface area contributed by atoms with Gasteiger partial charge in [-0.2, -0.15) is 5.10 Å². The number of carbonyl (C=O) groups excluding carboxylic acids is 4. The molecule has 1 aromatic heterocycles. The third-order valence-electron chi connectivity index (χ3n) is 9.26. The molecule has 43 heavy (non-hydrogen) atoms. The van der Waals surface area contributed by atoms with E-state index in [-0.39, 0.29) is 29.5 Å². The Bertz CT molecular complexity index is 1290. The van der Waals surface area contributed by atoms with E-state index in [9.17, 15) is 19.2 Å². The number of aryl methyl sites for hydroxylation is 1. The predicted octanol–water partition coefficient (Wildman–Crippen LogP) is 2.48. The number of amides is 4. The molecule has 3 fully saturated rings. The maximum absolute atomic E-state index is 13.6. The number of fused-ring (bicyclic) bond motifs is 1. The average molecular weight is 592 g/mol. The molecular formula is C32H45N7O4. The Balaban J connectivity index is 1.24. The minimum Gasteiger partial charge on any atom is -0.344 e. The summed E-state index contributed by atoms with van der Waals surface area (Å²) in [5.74, 6) is -0.691. The SMILES string of the molecule is CCC(=O)N[C@H](Cc1ccc(NC(=O)[C@@H](NC(=O)c2ccnn2C)C2CCCCC2)cc1)C(=O)N1CCN2CCC[C@@H]2C1. The molecule has 3 atom stereocenters. The highest BCUT2D eigenvalue weighted by Gasteiger charge is 2.35. The van der Waals surface area contributed by atoms with Gasteiger partial charge in [-0.15, -0.1) is 0 Å². The zero-order valence-electron chi connectivity index (χ0n) is 25.4. The molecule has 3 N–H and O–H groups in total. The number of hydrogen-bond acceptors (Lipinski definition) is 6. The predicted molar refractivity (Wildman–Crippen MR) is 163 cm³/mol. The summed E-state index contributed by atoms with van der Waals surface area (Å²) in [6.07, 6.45) is 9.51. The minimum absolute atomic E-state index is 0.0368. The third-order valence-corrected chi connectivity index (χ3v) is 9.26. The molecule has 1 aromatic carbocycles. The highest BCUT2D eigenvalue weighted by molar-refractivity contribution is 6.00. The molecule has 11 heteroatoms. The number of aromatic nitrogens is 2. The number of anilines is 1. The fraction of sp³-hybridized carbons (Fsp3) is 0.594. The second-order valence-corrected chi connectivity index (χ2v) is 12.2. The summed E-state index contributed by atoms with van der Waals surface area (Å²) >= 11 is 0. The van der Waals surface area contributed by atoms with Crippen LogP contribution in [0.25, 0.3) is 0 Å². The molecule has 3 aliphatic rings. The van der Waals surface area contributed by atoms with E-state index in [1.54, 1.807) is 26.2 Å². The van der Waals surface area contributed by atoms with Crippen molar-refractivity contribution in [2.45, 2.75) is 82.8 Å². The third kappa shape index (κ3) is 7.62. The Morgan fingerprint density at radius 2 is 1.70 bits per heavy atom. The van der Waals surface area contributed by atoms with Crippen LogP contribution in [-0.4, -0.2) is 87.5 Å². The monoisotopic (exact) mass is 591 g/mol. The second kappa shape index (κ2) is 14.2. The van der Waals surface area contributed by atoms with E-state index in [1.165, 1.54) is 11.1 Å². The molecule has 232 valence electrons. The number of nitrogens with one attached hydrogen (secondary N) is 3. The topological polar surface area (TPSA) is 129 Å². The summed E-state index contributed by atoms with van der Waals surface area (Å²) in [6.45, 7) is 5.15. The summed E-state index contributed by atoms with van der Waals surface area (Å²) in [4.78, 5) is 56.8. The Labute approximate surface area is 253 Å². The van der Waals surface area contributed by atoms with Crippen LogP contribution in [0.4, 0.5) is 5.69 Å². The van der Waals surface area contributed by atoms with Crippen molar-refractivity contribution in [1.82, 2.24) is 30.2 Å². The Morgan fingerprint density at radius 1 is 0.930 bits per heavy atom. The van der Waals surface area contributed by atoms with Crippen molar-refractivity contribution in [3.05, 3.63) is 47.8 Å². The fourth-order valence-electron chi connectivity index (χ4n) is 6.76. The van der Waals surface area contributed by atoms with Gasteiger partial charge in [-0.1, -0.05) is 38.3 Å². The molecule has 0 unspecified atom stereocenters. The molecule has 0 spiro atoms. The van der Waals surface area contributed by atoms with Gasteiger partial charge in [0.25, 0.3) is 5.91 Å². The number of nitrogens with zero attached hydrogens (tertiary/aromatic N) is 4. The number of carbonyl (C=O) groups is 4. The molecule has 2 saturated heterocycles. The van der Waals surface area contributed by atoms with E-state index in [0.29, 0.717) is 43.4 Å². The Morgan fingerprint density at radius 3 is 2.40 bits per heavy atom. The van der Waals surface area contributed by atoms with Crippen LogP contribution in [0, 0.1) is 5.92 Å². The molecule has 3 heterocycles. The Kier molecular flexibility index (Phi) is 10.1.